The zero-order valence-electron chi connectivity index (χ0n) is 10.3. The maximum atomic E-state index is 5.63. The standard InChI is InChI=1S/C16H15NS/c1-11-14-4-2-3-5-15(14)18-16(11)13-8-6-12(10-17)7-9-13/h2-9H,10,17H2,1H3. The van der Waals surface area contributed by atoms with Gasteiger partial charge in [0.1, 0.15) is 0 Å². The van der Waals surface area contributed by atoms with Gasteiger partial charge < -0.3 is 5.73 Å². The van der Waals surface area contributed by atoms with Crippen LogP contribution in [0.5, 0.6) is 0 Å². The highest BCUT2D eigenvalue weighted by atomic mass is 32.1. The first-order valence-electron chi connectivity index (χ1n) is 6.07. The van der Waals surface area contributed by atoms with E-state index in [0.717, 1.165) is 0 Å². The minimum absolute atomic E-state index is 0.603. The molecule has 0 unspecified atom stereocenters. The number of thiophene rings is 1. The van der Waals surface area contributed by atoms with Crippen LogP contribution in [0.4, 0.5) is 0 Å². The van der Waals surface area contributed by atoms with Gasteiger partial charge in [-0.3, -0.25) is 0 Å². The van der Waals surface area contributed by atoms with Gasteiger partial charge in [-0.1, -0.05) is 42.5 Å². The van der Waals surface area contributed by atoms with Crippen LogP contribution in [-0.2, 0) is 6.54 Å². The van der Waals surface area contributed by atoms with Crippen molar-refractivity contribution >= 4 is 21.4 Å². The summed E-state index contributed by atoms with van der Waals surface area (Å²) in [6, 6.07) is 17.1. The van der Waals surface area contributed by atoms with E-state index in [-0.39, 0.29) is 0 Å². The molecule has 2 aromatic carbocycles. The van der Waals surface area contributed by atoms with Crippen molar-refractivity contribution in [1.82, 2.24) is 0 Å². The molecule has 1 nitrogen and oxygen atoms in total. The molecule has 1 heterocycles. The third-order valence-electron chi connectivity index (χ3n) is 3.30. The lowest BCUT2D eigenvalue weighted by Crippen LogP contribution is -1.95. The molecule has 2 heteroatoms. The largest absolute Gasteiger partial charge is 0.326 e. The minimum atomic E-state index is 0.603. The Morgan fingerprint density at radius 2 is 1.72 bits per heavy atom. The second-order valence-electron chi connectivity index (χ2n) is 4.45. The second-order valence-corrected chi connectivity index (χ2v) is 5.51. The minimum Gasteiger partial charge on any atom is -0.326 e. The number of nitrogens with two attached hydrogens (primary N) is 1. The van der Waals surface area contributed by atoms with E-state index in [4.69, 9.17) is 5.73 Å². The zero-order chi connectivity index (χ0) is 12.5. The van der Waals surface area contributed by atoms with Crippen molar-refractivity contribution in [3.05, 3.63) is 59.7 Å². The Morgan fingerprint density at radius 3 is 2.39 bits per heavy atom. The topological polar surface area (TPSA) is 26.0 Å². The molecule has 0 saturated carbocycles. The maximum Gasteiger partial charge on any atom is 0.0384 e. The smallest absolute Gasteiger partial charge is 0.0384 e. The number of hydrogen-bond donors (Lipinski definition) is 1. The van der Waals surface area contributed by atoms with Crippen LogP contribution in [0.25, 0.3) is 20.5 Å². The third-order valence-corrected chi connectivity index (χ3v) is 4.62. The quantitative estimate of drug-likeness (QED) is 0.722. The number of benzene rings is 2. The lowest BCUT2D eigenvalue weighted by Gasteiger charge is -2.01. The first-order valence-corrected chi connectivity index (χ1v) is 6.89. The predicted molar refractivity (Wildman–Crippen MR) is 79.9 cm³/mol. The Morgan fingerprint density at radius 1 is 1.00 bits per heavy atom. The van der Waals surface area contributed by atoms with Crippen molar-refractivity contribution in [3.63, 3.8) is 0 Å². The molecular formula is C16H15NS. The van der Waals surface area contributed by atoms with Crippen molar-refractivity contribution < 1.29 is 0 Å². The average molecular weight is 253 g/mol. The highest BCUT2D eigenvalue weighted by Gasteiger charge is 2.09. The third kappa shape index (κ3) is 1.84. The van der Waals surface area contributed by atoms with Crippen LogP contribution in [-0.4, -0.2) is 0 Å². The monoisotopic (exact) mass is 253 g/mol. The molecule has 0 aliphatic heterocycles. The summed E-state index contributed by atoms with van der Waals surface area (Å²) in [6.07, 6.45) is 0. The Kier molecular flexibility index (Phi) is 2.90. The van der Waals surface area contributed by atoms with Crippen LogP contribution in [0.1, 0.15) is 11.1 Å². The molecule has 18 heavy (non-hydrogen) atoms. The van der Waals surface area contributed by atoms with E-state index >= 15 is 0 Å². The van der Waals surface area contributed by atoms with Gasteiger partial charge in [0.15, 0.2) is 0 Å². The number of fused-ring (bicyclic) bond motifs is 1. The summed E-state index contributed by atoms with van der Waals surface area (Å²) in [7, 11) is 0. The van der Waals surface area contributed by atoms with E-state index in [9.17, 15) is 0 Å². The van der Waals surface area contributed by atoms with Gasteiger partial charge in [-0.15, -0.1) is 11.3 Å². The van der Waals surface area contributed by atoms with Crippen LogP contribution in [0.2, 0.25) is 0 Å². The predicted octanol–water partition coefficient (Wildman–Crippen LogP) is 4.34. The zero-order valence-corrected chi connectivity index (χ0v) is 11.1. The Balaban J connectivity index is 2.15. The van der Waals surface area contributed by atoms with Crippen molar-refractivity contribution in [2.45, 2.75) is 13.5 Å². The molecule has 0 aliphatic carbocycles. The summed E-state index contributed by atoms with van der Waals surface area (Å²) in [4.78, 5) is 1.36. The van der Waals surface area contributed by atoms with Crippen LogP contribution in [0, 0.1) is 6.92 Å². The first-order chi connectivity index (χ1) is 8.79. The van der Waals surface area contributed by atoms with Gasteiger partial charge in [-0.05, 0) is 35.1 Å². The Bertz CT molecular complexity index is 680. The van der Waals surface area contributed by atoms with Gasteiger partial charge in [0.25, 0.3) is 0 Å². The van der Waals surface area contributed by atoms with Gasteiger partial charge in [-0.25, -0.2) is 0 Å². The summed E-state index contributed by atoms with van der Waals surface area (Å²) in [5.74, 6) is 0. The Hall–Kier alpha value is -1.64. The van der Waals surface area contributed by atoms with E-state index in [1.54, 1.807) is 0 Å². The number of aryl methyl sites for hydroxylation is 1. The van der Waals surface area contributed by atoms with E-state index in [1.807, 2.05) is 11.3 Å². The van der Waals surface area contributed by atoms with Gasteiger partial charge in [0.05, 0.1) is 0 Å². The summed E-state index contributed by atoms with van der Waals surface area (Å²) in [5, 5.41) is 1.36. The molecule has 3 aromatic rings. The van der Waals surface area contributed by atoms with Gasteiger partial charge in [-0.2, -0.15) is 0 Å². The lowest BCUT2D eigenvalue weighted by molar-refractivity contribution is 1.07. The molecular weight excluding hydrogens is 238 g/mol. The average Bonchev–Trinajstić information content (AvgIpc) is 2.77. The molecule has 0 aliphatic rings. The molecule has 1 aromatic heterocycles. The van der Waals surface area contributed by atoms with E-state index in [0.29, 0.717) is 6.54 Å². The first kappa shape index (κ1) is 11.5. The molecule has 0 spiro atoms. The number of rotatable bonds is 2. The van der Waals surface area contributed by atoms with E-state index < -0.39 is 0 Å². The highest BCUT2D eigenvalue weighted by Crippen LogP contribution is 2.37. The molecule has 0 radical (unpaired) electrons. The van der Waals surface area contributed by atoms with E-state index in [1.165, 1.54) is 31.7 Å². The highest BCUT2D eigenvalue weighted by molar-refractivity contribution is 7.22. The molecule has 0 saturated heterocycles. The van der Waals surface area contributed by atoms with Crippen molar-refractivity contribution in [2.75, 3.05) is 0 Å². The normalized spacial score (nSPS) is 11.0. The molecule has 0 bridgehead atoms. The van der Waals surface area contributed by atoms with Gasteiger partial charge >= 0.3 is 0 Å². The lowest BCUT2D eigenvalue weighted by atomic mass is 10.1. The van der Waals surface area contributed by atoms with Crippen LogP contribution in [0.15, 0.2) is 48.5 Å². The van der Waals surface area contributed by atoms with Gasteiger partial charge in [0.2, 0.25) is 0 Å². The summed E-state index contributed by atoms with van der Waals surface area (Å²) in [6.45, 7) is 2.80. The van der Waals surface area contributed by atoms with Gasteiger partial charge in [0, 0.05) is 16.1 Å². The molecule has 0 amide bonds. The van der Waals surface area contributed by atoms with Crippen LogP contribution in [0.3, 0.4) is 0 Å². The number of hydrogen-bond acceptors (Lipinski definition) is 2. The molecule has 90 valence electrons. The van der Waals surface area contributed by atoms with Crippen molar-refractivity contribution in [2.24, 2.45) is 5.73 Å². The molecule has 0 fully saturated rings. The Labute approximate surface area is 111 Å². The maximum absolute atomic E-state index is 5.63. The summed E-state index contributed by atoms with van der Waals surface area (Å²) >= 11 is 1.86. The second kappa shape index (κ2) is 4.56. The summed E-state index contributed by atoms with van der Waals surface area (Å²) in [5.41, 5.74) is 9.47. The molecule has 2 N–H and O–H groups in total. The molecule has 3 rings (SSSR count). The fourth-order valence-corrected chi connectivity index (χ4v) is 3.46. The van der Waals surface area contributed by atoms with Crippen LogP contribution < -0.4 is 5.73 Å². The van der Waals surface area contributed by atoms with Crippen molar-refractivity contribution in [3.8, 4) is 10.4 Å². The summed E-state index contributed by atoms with van der Waals surface area (Å²) < 4.78 is 1.35. The fourth-order valence-electron chi connectivity index (χ4n) is 2.24. The SMILES string of the molecule is Cc1c(-c2ccc(CN)cc2)sc2ccccc12. The molecule has 0 atom stereocenters. The van der Waals surface area contributed by atoms with E-state index in [2.05, 4.69) is 55.5 Å². The van der Waals surface area contributed by atoms with Crippen LogP contribution >= 0.6 is 11.3 Å². The van der Waals surface area contributed by atoms with Crippen molar-refractivity contribution in [1.29, 1.82) is 0 Å². The fraction of sp³-hybridized carbons (Fsp3) is 0.125.